The third kappa shape index (κ3) is 2.93. The molecule has 1 fully saturated rings. The number of nitrogens with zero attached hydrogens (tertiary/aromatic N) is 1. The number of benzene rings is 1. The van der Waals surface area contributed by atoms with E-state index in [1.54, 1.807) is 20.1 Å². The number of rotatable bonds is 4. The van der Waals surface area contributed by atoms with E-state index in [1.165, 1.54) is 6.07 Å². The molecule has 104 valence electrons. The van der Waals surface area contributed by atoms with Crippen molar-refractivity contribution in [1.82, 2.24) is 0 Å². The van der Waals surface area contributed by atoms with Crippen LogP contribution in [0, 0.1) is 17.0 Å². The Hall–Kier alpha value is -0.660. The van der Waals surface area contributed by atoms with Crippen molar-refractivity contribution in [3.63, 3.8) is 0 Å². The highest BCUT2D eigenvalue weighted by atomic mass is 79.9. The second kappa shape index (κ2) is 5.76. The van der Waals surface area contributed by atoms with Gasteiger partial charge in [0.25, 0.3) is 0 Å². The van der Waals surface area contributed by atoms with Crippen LogP contribution < -0.4 is 4.74 Å². The zero-order chi connectivity index (χ0) is 14.2. The number of halogens is 2. The molecule has 0 radical (unpaired) electrons. The van der Waals surface area contributed by atoms with E-state index in [1.807, 2.05) is 0 Å². The van der Waals surface area contributed by atoms with E-state index in [-0.39, 0.29) is 22.7 Å². The third-order valence-electron chi connectivity index (χ3n) is 3.14. The molecule has 5 nitrogen and oxygen atoms in total. The van der Waals surface area contributed by atoms with Crippen LogP contribution in [0.15, 0.2) is 16.6 Å². The molecular weight excluding hydrogens is 382 g/mol. The van der Waals surface area contributed by atoms with E-state index in [9.17, 15) is 10.1 Å². The van der Waals surface area contributed by atoms with E-state index in [0.717, 1.165) is 12.0 Å². The summed E-state index contributed by atoms with van der Waals surface area (Å²) < 4.78 is 11.7. The summed E-state index contributed by atoms with van der Waals surface area (Å²) in [6.07, 6.45) is 0.529. The highest BCUT2D eigenvalue weighted by Gasteiger charge is 2.42. The largest absolute Gasteiger partial charge is 0.480 e. The first kappa shape index (κ1) is 14.7. The minimum absolute atomic E-state index is 0.0280. The average Bonchev–Trinajstić information content (AvgIpc) is 2.30. The maximum atomic E-state index is 11.1. The van der Waals surface area contributed by atoms with Crippen molar-refractivity contribution in [2.24, 2.45) is 0 Å². The topological polar surface area (TPSA) is 61.6 Å². The second-order valence-corrected chi connectivity index (χ2v) is 6.53. The van der Waals surface area contributed by atoms with Gasteiger partial charge < -0.3 is 9.47 Å². The van der Waals surface area contributed by atoms with Crippen LogP contribution in [0.4, 0.5) is 5.69 Å². The molecule has 0 aliphatic heterocycles. The zero-order valence-electron chi connectivity index (χ0n) is 10.4. The Balaban J connectivity index is 2.27. The fourth-order valence-electron chi connectivity index (χ4n) is 2.09. The summed E-state index contributed by atoms with van der Waals surface area (Å²) in [5.41, 5.74) is 0.703. The lowest BCUT2D eigenvalue weighted by atomic mass is 9.91. The van der Waals surface area contributed by atoms with Crippen molar-refractivity contribution in [1.29, 1.82) is 0 Å². The van der Waals surface area contributed by atoms with E-state index in [2.05, 4.69) is 31.9 Å². The van der Waals surface area contributed by atoms with Crippen LogP contribution in [0.1, 0.15) is 12.0 Å². The lowest BCUT2D eigenvalue weighted by molar-refractivity contribution is -0.386. The quantitative estimate of drug-likeness (QED) is 0.444. The van der Waals surface area contributed by atoms with Crippen LogP contribution in [0.2, 0.25) is 0 Å². The molecule has 0 aromatic heterocycles. The van der Waals surface area contributed by atoms with Gasteiger partial charge in [0.05, 0.1) is 4.92 Å². The molecule has 0 amide bonds. The Labute approximate surface area is 127 Å². The van der Waals surface area contributed by atoms with Crippen LogP contribution in [-0.2, 0) is 4.74 Å². The third-order valence-corrected chi connectivity index (χ3v) is 4.49. The molecule has 7 heteroatoms. The fourth-order valence-corrected chi connectivity index (χ4v) is 3.58. The van der Waals surface area contributed by atoms with Gasteiger partial charge in [0.2, 0.25) is 5.75 Å². The van der Waals surface area contributed by atoms with Crippen molar-refractivity contribution >= 4 is 37.5 Å². The summed E-state index contributed by atoms with van der Waals surface area (Å²) in [4.78, 5) is 10.9. The summed E-state index contributed by atoms with van der Waals surface area (Å²) >= 11 is 6.73. The number of nitro groups is 1. The monoisotopic (exact) mass is 393 g/mol. The highest BCUT2D eigenvalue weighted by molar-refractivity contribution is 9.10. The summed E-state index contributed by atoms with van der Waals surface area (Å²) in [6.45, 7) is 1.79. The maximum Gasteiger partial charge on any atom is 0.312 e. The van der Waals surface area contributed by atoms with Crippen molar-refractivity contribution in [2.75, 3.05) is 7.11 Å². The molecule has 1 aliphatic carbocycles. The maximum absolute atomic E-state index is 11.1. The lowest BCUT2D eigenvalue weighted by Gasteiger charge is -2.40. The normalized spacial score (nSPS) is 25.8. The van der Waals surface area contributed by atoms with Gasteiger partial charge in [-0.15, -0.1) is 0 Å². The highest BCUT2D eigenvalue weighted by Crippen LogP contribution is 2.39. The lowest BCUT2D eigenvalue weighted by Crippen LogP contribution is -2.52. The predicted octanol–water partition coefficient (Wildman–Crippen LogP) is 3.60. The molecule has 2 rings (SSSR count). The number of hydrogen-bond donors (Lipinski definition) is 0. The zero-order valence-corrected chi connectivity index (χ0v) is 13.6. The molecule has 1 aliphatic rings. The Bertz CT molecular complexity index is 509. The number of nitro benzene ring substituents is 1. The summed E-state index contributed by atoms with van der Waals surface area (Å²) in [5, 5.41) is 11.1. The van der Waals surface area contributed by atoms with Crippen molar-refractivity contribution < 1.29 is 14.4 Å². The van der Waals surface area contributed by atoms with E-state index >= 15 is 0 Å². The molecule has 3 unspecified atom stereocenters. The molecule has 0 N–H and O–H groups in total. The van der Waals surface area contributed by atoms with Gasteiger partial charge in [0.15, 0.2) is 0 Å². The molecule has 1 aromatic rings. The molecule has 0 heterocycles. The Morgan fingerprint density at radius 2 is 2.16 bits per heavy atom. The number of methoxy groups -OCH3 is 1. The minimum atomic E-state index is -0.431. The molecule has 1 aromatic carbocycles. The van der Waals surface area contributed by atoms with Crippen LogP contribution in [0.3, 0.4) is 0 Å². The van der Waals surface area contributed by atoms with Crippen LogP contribution in [0.25, 0.3) is 0 Å². The molecule has 1 saturated carbocycles. The van der Waals surface area contributed by atoms with Crippen LogP contribution in [0.5, 0.6) is 5.75 Å². The van der Waals surface area contributed by atoms with Crippen molar-refractivity contribution in [3.05, 3.63) is 32.3 Å². The Kier molecular flexibility index (Phi) is 4.47. The average molecular weight is 395 g/mol. The molecule has 0 bridgehead atoms. The number of hydrogen-bond acceptors (Lipinski definition) is 4. The Morgan fingerprint density at radius 1 is 1.47 bits per heavy atom. The summed E-state index contributed by atoms with van der Waals surface area (Å²) in [5.74, 6) is 0.319. The van der Waals surface area contributed by atoms with Gasteiger partial charge in [-0.25, -0.2) is 0 Å². The SMILES string of the molecule is COC1C(Br)CC1Oc1c(C)cc(Br)cc1[N+](=O)[O-]. The number of ether oxygens (including phenoxy) is 2. The molecule has 0 spiro atoms. The molecule has 0 saturated heterocycles. The predicted molar refractivity (Wildman–Crippen MR) is 78.1 cm³/mol. The van der Waals surface area contributed by atoms with Crippen LogP contribution >= 0.6 is 31.9 Å². The first-order valence-corrected chi connectivity index (χ1v) is 7.43. The molecule has 19 heavy (non-hydrogen) atoms. The van der Waals surface area contributed by atoms with Gasteiger partial charge in [-0.05, 0) is 18.6 Å². The molecule has 3 atom stereocenters. The fraction of sp³-hybridized carbons (Fsp3) is 0.500. The van der Waals surface area contributed by atoms with Gasteiger partial charge in [0, 0.05) is 28.9 Å². The second-order valence-electron chi connectivity index (χ2n) is 4.44. The van der Waals surface area contributed by atoms with Gasteiger partial charge in [0.1, 0.15) is 12.2 Å². The number of aryl methyl sites for hydroxylation is 1. The van der Waals surface area contributed by atoms with Crippen molar-refractivity contribution in [2.45, 2.75) is 30.4 Å². The minimum Gasteiger partial charge on any atom is -0.480 e. The summed E-state index contributed by atoms with van der Waals surface area (Å²) in [6, 6.07) is 3.25. The van der Waals surface area contributed by atoms with E-state index in [4.69, 9.17) is 9.47 Å². The van der Waals surface area contributed by atoms with Crippen molar-refractivity contribution in [3.8, 4) is 5.75 Å². The van der Waals surface area contributed by atoms with Gasteiger partial charge in [-0.2, -0.15) is 0 Å². The molecular formula is C12H13Br2NO4. The van der Waals surface area contributed by atoms with E-state index < -0.39 is 4.92 Å². The summed E-state index contributed by atoms with van der Waals surface area (Å²) in [7, 11) is 1.61. The van der Waals surface area contributed by atoms with Crippen LogP contribution in [-0.4, -0.2) is 29.1 Å². The first-order chi connectivity index (χ1) is 8.93. The van der Waals surface area contributed by atoms with Gasteiger partial charge >= 0.3 is 5.69 Å². The van der Waals surface area contributed by atoms with E-state index in [0.29, 0.717) is 10.2 Å². The Morgan fingerprint density at radius 3 is 2.68 bits per heavy atom. The van der Waals surface area contributed by atoms with Gasteiger partial charge in [-0.3, -0.25) is 10.1 Å². The standard InChI is InChI=1S/C12H13Br2NO4/c1-6-3-7(13)4-9(15(16)17)11(6)19-10-5-8(14)12(10)18-2/h3-4,8,10,12H,5H2,1-2H3. The smallest absolute Gasteiger partial charge is 0.312 e. The van der Waals surface area contributed by atoms with Gasteiger partial charge in [-0.1, -0.05) is 31.9 Å². The number of alkyl halides is 1. The first-order valence-electron chi connectivity index (χ1n) is 5.72.